The van der Waals surface area contributed by atoms with Gasteiger partial charge >= 0.3 is 0 Å². The van der Waals surface area contributed by atoms with Gasteiger partial charge in [-0.05, 0) is 19.9 Å². The highest BCUT2D eigenvalue weighted by Gasteiger charge is 2.18. The van der Waals surface area contributed by atoms with Crippen molar-refractivity contribution in [3.63, 3.8) is 0 Å². The molecule has 0 aliphatic heterocycles. The van der Waals surface area contributed by atoms with Gasteiger partial charge in [0, 0.05) is 25.0 Å². The summed E-state index contributed by atoms with van der Waals surface area (Å²) in [6.45, 7) is 3.68. The number of aliphatic hydroxyl groups excluding tert-OH is 1. The summed E-state index contributed by atoms with van der Waals surface area (Å²) in [6, 6.07) is 1.84. The van der Waals surface area contributed by atoms with Gasteiger partial charge in [-0.2, -0.15) is 10.2 Å². The molecular weight excluding hydrogens is 204 g/mol. The molecule has 0 amide bonds. The van der Waals surface area contributed by atoms with Crippen LogP contribution in [-0.2, 0) is 7.05 Å². The minimum Gasteiger partial charge on any atom is -0.380 e. The molecule has 2 aromatic heterocycles. The smallest absolute Gasteiger partial charge is 0.142 e. The molecule has 84 valence electrons. The molecule has 1 unspecified atom stereocenters. The first-order chi connectivity index (χ1) is 7.59. The number of nitrogens with zero attached hydrogens (tertiary/aromatic N) is 4. The van der Waals surface area contributed by atoms with Gasteiger partial charge in [-0.25, -0.2) is 4.98 Å². The Labute approximate surface area is 93.8 Å². The SMILES string of the molecule is Cc1cc(C(O)c2nccn2C)c(C)nn1. The van der Waals surface area contributed by atoms with Gasteiger partial charge in [-0.1, -0.05) is 0 Å². The molecule has 2 rings (SSSR count). The fourth-order valence-electron chi connectivity index (χ4n) is 1.63. The van der Waals surface area contributed by atoms with Gasteiger partial charge < -0.3 is 9.67 Å². The lowest BCUT2D eigenvalue weighted by Gasteiger charge is -2.12. The molecule has 0 fully saturated rings. The van der Waals surface area contributed by atoms with Gasteiger partial charge in [0.1, 0.15) is 11.9 Å². The highest BCUT2D eigenvalue weighted by molar-refractivity contribution is 5.27. The predicted molar refractivity (Wildman–Crippen MR) is 58.8 cm³/mol. The van der Waals surface area contributed by atoms with E-state index in [4.69, 9.17) is 0 Å². The fourth-order valence-corrected chi connectivity index (χ4v) is 1.63. The quantitative estimate of drug-likeness (QED) is 0.813. The first-order valence-electron chi connectivity index (χ1n) is 5.05. The first-order valence-corrected chi connectivity index (χ1v) is 5.05. The summed E-state index contributed by atoms with van der Waals surface area (Å²) in [5.41, 5.74) is 2.26. The molecule has 0 saturated carbocycles. The van der Waals surface area contributed by atoms with Gasteiger partial charge in [0.2, 0.25) is 0 Å². The molecule has 1 N–H and O–H groups in total. The Morgan fingerprint density at radius 3 is 2.69 bits per heavy atom. The minimum atomic E-state index is -0.755. The minimum absolute atomic E-state index is 0.607. The van der Waals surface area contributed by atoms with E-state index in [-0.39, 0.29) is 0 Å². The topological polar surface area (TPSA) is 63.8 Å². The number of imidazole rings is 1. The summed E-state index contributed by atoms with van der Waals surface area (Å²) < 4.78 is 1.79. The third-order valence-electron chi connectivity index (χ3n) is 2.54. The number of rotatable bonds is 2. The maximum atomic E-state index is 10.2. The Morgan fingerprint density at radius 1 is 1.31 bits per heavy atom. The summed E-state index contributed by atoms with van der Waals surface area (Å²) in [4.78, 5) is 4.13. The molecule has 16 heavy (non-hydrogen) atoms. The fraction of sp³-hybridized carbons (Fsp3) is 0.364. The van der Waals surface area contributed by atoms with Crippen molar-refractivity contribution in [2.24, 2.45) is 7.05 Å². The van der Waals surface area contributed by atoms with E-state index in [9.17, 15) is 5.11 Å². The summed E-state index contributed by atoms with van der Waals surface area (Å²) in [7, 11) is 1.85. The summed E-state index contributed by atoms with van der Waals surface area (Å²) >= 11 is 0. The number of hydrogen-bond donors (Lipinski definition) is 1. The molecule has 2 heterocycles. The van der Waals surface area contributed by atoms with Crippen LogP contribution in [0.3, 0.4) is 0 Å². The lowest BCUT2D eigenvalue weighted by molar-refractivity contribution is 0.204. The second-order valence-corrected chi connectivity index (χ2v) is 3.83. The Morgan fingerprint density at radius 2 is 2.06 bits per heavy atom. The van der Waals surface area contributed by atoms with Crippen molar-refractivity contribution in [3.05, 3.63) is 41.2 Å². The van der Waals surface area contributed by atoms with Crippen LogP contribution in [0.1, 0.15) is 28.9 Å². The standard InChI is InChI=1S/C11H14N4O/c1-7-6-9(8(2)14-13-7)10(16)11-12-4-5-15(11)3/h4-6,10,16H,1-3H3. The zero-order valence-corrected chi connectivity index (χ0v) is 9.55. The van der Waals surface area contributed by atoms with Crippen molar-refractivity contribution in [2.75, 3.05) is 0 Å². The van der Waals surface area contributed by atoms with Crippen LogP contribution in [0.2, 0.25) is 0 Å². The van der Waals surface area contributed by atoms with Crippen LogP contribution in [0.25, 0.3) is 0 Å². The Kier molecular flexibility index (Phi) is 2.70. The molecule has 0 aliphatic rings. The van der Waals surface area contributed by atoms with Gasteiger partial charge in [-0.3, -0.25) is 0 Å². The summed E-state index contributed by atoms with van der Waals surface area (Å²) in [5.74, 6) is 0.607. The summed E-state index contributed by atoms with van der Waals surface area (Å²) in [6.07, 6.45) is 2.71. The zero-order chi connectivity index (χ0) is 11.7. The van der Waals surface area contributed by atoms with Crippen molar-refractivity contribution in [3.8, 4) is 0 Å². The molecule has 5 heteroatoms. The van der Waals surface area contributed by atoms with Crippen molar-refractivity contribution in [2.45, 2.75) is 20.0 Å². The second kappa shape index (κ2) is 4.02. The monoisotopic (exact) mass is 218 g/mol. The van der Waals surface area contributed by atoms with E-state index in [0.29, 0.717) is 5.82 Å². The lowest BCUT2D eigenvalue weighted by Crippen LogP contribution is -2.10. The largest absolute Gasteiger partial charge is 0.380 e. The number of aromatic nitrogens is 4. The number of aryl methyl sites for hydroxylation is 3. The van der Waals surface area contributed by atoms with E-state index < -0.39 is 6.10 Å². The van der Waals surface area contributed by atoms with Crippen LogP contribution in [0.15, 0.2) is 18.5 Å². The molecule has 0 radical (unpaired) electrons. The predicted octanol–water partition coefficient (Wildman–Crippen LogP) is 0.909. The first kappa shape index (κ1) is 10.8. The normalized spacial score (nSPS) is 12.8. The van der Waals surface area contributed by atoms with Gasteiger partial charge in [0.05, 0.1) is 11.4 Å². The van der Waals surface area contributed by atoms with E-state index in [2.05, 4.69) is 15.2 Å². The van der Waals surface area contributed by atoms with E-state index in [1.54, 1.807) is 17.0 Å². The Balaban J connectivity index is 2.45. The zero-order valence-electron chi connectivity index (χ0n) is 9.55. The van der Waals surface area contributed by atoms with Crippen LogP contribution >= 0.6 is 0 Å². The maximum absolute atomic E-state index is 10.2. The molecule has 1 atom stereocenters. The van der Waals surface area contributed by atoms with Crippen LogP contribution in [0, 0.1) is 13.8 Å². The van der Waals surface area contributed by atoms with Gasteiger partial charge in [0.25, 0.3) is 0 Å². The maximum Gasteiger partial charge on any atom is 0.142 e. The number of hydrogen-bond acceptors (Lipinski definition) is 4. The average Bonchev–Trinajstić information content (AvgIpc) is 2.67. The third kappa shape index (κ3) is 1.81. The van der Waals surface area contributed by atoms with Crippen molar-refractivity contribution in [1.82, 2.24) is 19.7 Å². The van der Waals surface area contributed by atoms with E-state index in [1.165, 1.54) is 0 Å². The van der Waals surface area contributed by atoms with Crippen LogP contribution < -0.4 is 0 Å². The molecule has 5 nitrogen and oxygen atoms in total. The Hall–Kier alpha value is -1.75. The van der Waals surface area contributed by atoms with E-state index in [0.717, 1.165) is 17.0 Å². The molecule has 0 spiro atoms. The molecule has 0 bridgehead atoms. The van der Waals surface area contributed by atoms with Crippen molar-refractivity contribution >= 4 is 0 Å². The molecule has 2 aromatic rings. The van der Waals surface area contributed by atoms with E-state index >= 15 is 0 Å². The second-order valence-electron chi connectivity index (χ2n) is 3.83. The highest BCUT2D eigenvalue weighted by Crippen LogP contribution is 2.22. The number of aliphatic hydroxyl groups is 1. The molecule has 0 aromatic carbocycles. The van der Waals surface area contributed by atoms with Crippen LogP contribution in [0.5, 0.6) is 0 Å². The van der Waals surface area contributed by atoms with Gasteiger partial charge in [-0.15, -0.1) is 0 Å². The third-order valence-corrected chi connectivity index (χ3v) is 2.54. The van der Waals surface area contributed by atoms with Crippen molar-refractivity contribution < 1.29 is 5.11 Å². The summed E-state index contributed by atoms with van der Waals surface area (Å²) in [5, 5.41) is 18.1. The highest BCUT2D eigenvalue weighted by atomic mass is 16.3. The molecule has 0 saturated heterocycles. The molecule has 0 aliphatic carbocycles. The van der Waals surface area contributed by atoms with Crippen LogP contribution in [-0.4, -0.2) is 24.9 Å². The van der Waals surface area contributed by atoms with Crippen LogP contribution in [0.4, 0.5) is 0 Å². The van der Waals surface area contributed by atoms with E-state index in [1.807, 2.05) is 27.0 Å². The lowest BCUT2D eigenvalue weighted by atomic mass is 10.1. The Bertz CT molecular complexity index is 506. The van der Waals surface area contributed by atoms with Gasteiger partial charge in [0.15, 0.2) is 0 Å². The van der Waals surface area contributed by atoms with Crippen molar-refractivity contribution in [1.29, 1.82) is 0 Å². The average molecular weight is 218 g/mol. The molecular formula is C11H14N4O.